The number of amides is 1. The summed E-state index contributed by atoms with van der Waals surface area (Å²) in [5, 5.41) is 7.16. The zero-order valence-corrected chi connectivity index (χ0v) is 15.1. The molecule has 7 nitrogen and oxygen atoms in total. The van der Waals surface area contributed by atoms with Crippen LogP contribution in [0.3, 0.4) is 0 Å². The van der Waals surface area contributed by atoms with Crippen molar-refractivity contribution in [3.05, 3.63) is 76.2 Å². The molecule has 4 rings (SSSR count). The first-order valence-electron chi connectivity index (χ1n) is 9.08. The van der Waals surface area contributed by atoms with Crippen LogP contribution in [-0.4, -0.2) is 31.8 Å². The number of carbonyl (C=O) groups excluding carboxylic acids is 1. The van der Waals surface area contributed by atoms with Gasteiger partial charge in [-0.15, -0.1) is 0 Å². The van der Waals surface area contributed by atoms with Gasteiger partial charge in [0.15, 0.2) is 0 Å². The number of rotatable bonds is 6. The average Bonchev–Trinajstić information content (AvgIpc) is 3.46. The third-order valence-corrected chi connectivity index (χ3v) is 4.79. The fraction of sp³-hybridized carbons (Fsp3) is 0.300. The molecule has 1 aromatic carbocycles. The normalized spacial score (nSPS) is 13.5. The van der Waals surface area contributed by atoms with Crippen LogP contribution in [-0.2, 0) is 6.54 Å². The monoisotopic (exact) mass is 363 g/mol. The Bertz CT molecular complexity index is 1020. The molecular weight excluding hydrogens is 342 g/mol. The lowest BCUT2D eigenvalue weighted by Crippen LogP contribution is -2.31. The topological polar surface area (TPSA) is 81.8 Å². The second-order valence-electron chi connectivity index (χ2n) is 6.77. The molecule has 138 valence electrons. The van der Waals surface area contributed by atoms with E-state index in [2.05, 4.69) is 15.4 Å². The molecule has 1 aliphatic carbocycles. The molecule has 27 heavy (non-hydrogen) atoms. The number of benzene rings is 1. The zero-order valence-electron chi connectivity index (χ0n) is 15.1. The minimum atomic E-state index is -0.203. The van der Waals surface area contributed by atoms with E-state index in [9.17, 15) is 9.59 Å². The van der Waals surface area contributed by atoms with Crippen molar-refractivity contribution in [2.24, 2.45) is 0 Å². The lowest BCUT2D eigenvalue weighted by Gasteiger charge is -2.08. The highest BCUT2D eigenvalue weighted by atomic mass is 16.1. The first-order chi connectivity index (χ1) is 13.1. The van der Waals surface area contributed by atoms with Crippen LogP contribution >= 0.6 is 0 Å². The van der Waals surface area contributed by atoms with Crippen molar-refractivity contribution >= 4 is 5.91 Å². The van der Waals surface area contributed by atoms with Crippen LogP contribution in [0.5, 0.6) is 0 Å². The number of para-hydroxylation sites is 1. The van der Waals surface area contributed by atoms with Gasteiger partial charge in [-0.2, -0.15) is 5.10 Å². The second kappa shape index (κ2) is 7.19. The minimum Gasteiger partial charge on any atom is -0.350 e. The highest BCUT2D eigenvalue weighted by molar-refractivity contribution is 5.95. The van der Waals surface area contributed by atoms with Crippen LogP contribution < -0.4 is 10.9 Å². The Morgan fingerprint density at radius 2 is 2.04 bits per heavy atom. The molecule has 1 aliphatic rings. The lowest BCUT2D eigenvalue weighted by atomic mass is 10.2. The zero-order chi connectivity index (χ0) is 18.8. The van der Waals surface area contributed by atoms with Gasteiger partial charge in [-0.3, -0.25) is 14.2 Å². The van der Waals surface area contributed by atoms with E-state index < -0.39 is 0 Å². The van der Waals surface area contributed by atoms with E-state index in [1.807, 2.05) is 37.3 Å². The summed E-state index contributed by atoms with van der Waals surface area (Å²) in [6.45, 7) is 2.59. The SMILES string of the molecule is Cc1c(C(=O)NCCn2cnc(C3CC3)cc2=O)cnn1-c1ccccc1. The molecule has 7 heteroatoms. The lowest BCUT2D eigenvalue weighted by molar-refractivity contribution is 0.0951. The molecule has 2 heterocycles. The van der Waals surface area contributed by atoms with Gasteiger partial charge in [-0.25, -0.2) is 9.67 Å². The van der Waals surface area contributed by atoms with Crippen LogP contribution in [0.1, 0.15) is 40.5 Å². The van der Waals surface area contributed by atoms with E-state index in [0.717, 1.165) is 29.9 Å². The number of carbonyl (C=O) groups is 1. The Hall–Kier alpha value is -3.22. The molecule has 1 N–H and O–H groups in total. The molecule has 0 spiro atoms. The summed E-state index contributed by atoms with van der Waals surface area (Å²) in [4.78, 5) is 28.9. The van der Waals surface area contributed by atoms with Crippen LogP contribution in [0.15, 0.2) is 53.7 Å². The van der Waals surface area contributed by atoms with E-state index in [1.54, 1.807) is 23.3 Å². The van der Waals surface area contributed by atoms with Gasteiger partial charge in [-0.05, 0) is 31.9 Å². The van der Waals surface area contributed by atoms with Crippen LogP contribution in [0.4, 0.5) is 0 Å². The highest BCUT2D eigenvalue weighted by Gasteiger charge is 2.25. The van der Waals surface area contributed by atoms with E-state index in [-0.39, 0.29) is 11.5 Å². The molecular formula is C20H21N5O2. The highest BCUT2D eigenvalue weighted by Crippen LogP contribution is 2.38. The third kappa shape index (κ3) is 3.67. The Labute approximate surface area is 156 Å². The first kappa shape index (κ1) is 17.2. The fourth-order valence-electron chi connectivity index (χ4n) is 3.06. The maximum absolute atomic E-state index is 12.5. The summed E-state index contributed by atoms with van der Waals surface area (Å²) in [7, 11) is 0. The molecule has 3 aromatic rings. The molecule has 2 aromatic heterocycles. The van der Waals surface area contributed by atoms with Crippen molar-refractivity contribution in [3.63, 3.8) is 0 Å². The Kier molecular flexibility index (Phi) is 4.58. The molecule has 0 unspecified atom stereocenters. The third-order valence-electron chi connectivity index (χ3n) is 4.79. The number of nitrogens with one attached hydrogen (secondary N) is 1. The predicted molar refractivity (Wildman–Crippen MR) is 101 cm³/mol. The van der Waals surface area contributed by atoms with Crippen LogP contribution in [0.2, 0.25) is 0 Å². The van der Waals surface area contributed by atoms with Gasteiger partial charge in [-0.1, -0.05) is 18.2 Å². The van der Waals surface area contributed by atoms with Gasteiger partial charge in [0.05, 0.1) is 35.2 Å². The summed E-state index contributed by atoms with van der Waals surface area (Å²) < 4.78 is 3.26. The fourth-order valence-corrected chi connectivity index (χ4v) is 3.06. The number of nitrogens with zero attached hydrogens (tertiary/aromatic N) is 4. The first-order valence-corrected chi connectivity index (χ1v) is 9.08. The van der Waals surface area contributed by atoms with E-state index in [4.69, 9.17) is 0 Å². The van der Waals surface area contributed by atoms with E-state index >= 15 is 0 Å². The standard InChI is InChI=1S/C20H21N5O2/c1-14-17(12-23-25(14)16-5-3-2-4-6-16)20(27)21-9-10-24-13-22-18(11-19(24)26)15-7-8-15/h2-6,11-13,15H,7-10H2,1H3,(H,21,27). The van der Waals surface area contributed by atoms with E-state index in [1.165, 1.54) is 4.57 Å². The molecule has 0 aliphatic heterocycles. The maximum Gasteiger partial charge on any atom is 0.254 e. The minimum absolute atomic E-state index is 0.0748. The molecule has 0 radical (unpaired) electrons. The number of hydrogen-bond donors (Lipinski definition) is 1. The number of aromatic nitrogens is 4. The van der Waals surface area contributed by atoms with Crippen molar-refractivity contribution in [1.82, 2.24) is 24.6 Å². The van der Waals surface area contributed by atoms with Crippen molar-refractivity contribution in [1.29, 1.82) is 0 Å². The molecule has 1 saturated carbocycles. The Morgan fingerprint density at radius 1 is 1.26 bits per heavy atom. The molecule has 1 fully saturated rings. The average molecular weight is 363 g/mol. The van der Waals surface area contributed by atoms with Crippen molar-refractivity contribution < 1.29 is 4.79 Å². The van der Waals surface area contributed by atoms with E-state index in [0.29, 0.717) is 24.6 Å². The summed E-state index contributed by atoms with van der Waals surface area (Å²) in [5.41, 5.74) is 3.00. The summed E-state index contributed by atoms with van der Waals surface area (Å²) >= 11 is 0. The van der Waals surface area contributed by atoms with Gasteiger partial charge < -0.3 is 5.32 Å². The quantitative estimate of drug-likeness (QED) is 0.727. The predicted octanol–water partition coefficient (Wildman–Crippen LogP) is 2.04. The van der Waals surface area contributed by atoms with Crippen molar-refractivity contribution in [3.8, 4) is 5.69 Å². The maximum atomic E-state index is 12.5. The van der Waals surface area contributed by atoms with Gasteiger partial charge in [0.1, 0.15) is 0 Å². The summed E-state index contributed by atoms with van der Waals surface area (Å²) in [6, 6.07) is 11.3. The van der Waals surface area contributed by atoms with Crippen LogP contribution in [0.25, 0.3) is 5.69 Å². The van der Waals surface area contributed by atoms with Gasteiger partial charge in [0.25, 0.3) is 11.5 Å². The smallest absolute Gasteiger partial charge is 0.254 e. The van der Waals surface area contributed by atoms with Crippen molar-refractivity contribution in [2.75, 3.05) is 6.54 Å². The Balaban J connectivity index is 1.39. The summed E-state index contributed by atoms with van der Waals surface area (Å²) in [6.07, 6.45) is 5.36. The number of hydrogen-bond acceptors (Lipinski definition) is 4. The molecule has 0 bridgehead atoms. The molecule has 0 atom stereocenters. The largest absolute Gasteiger partial charge is 0.350 e. The van der Waals surface area contributed by atoms with Gasteiger partial charge in [0.2, 0.25) is 0 Å². The molecule has 0 saturated heterocycles. The van der Waals surface area contributed by atoms with Gasteiger partial charge >= 0.3 is 0 Å². The van der Waals surface area contributed by atoms with Gasteiger partial charge in [0, 0.05) is 25.1 Å². The Morgan fingerprint density at radius 3 is 2.74 bits per heavy atom. The van der Waals surface area contributed by atoms with Crippen LogP contribution in [0, 0.1) is 6.92 Å². The summed E-state index contributed by atoms with van der Waals surface area (Å²) in [5.74, 6) is 0.251. The van der Waals surface area contributed by atoms with Crippen molar-refractivity contribution in [2.45, 2.75) is 32.2 Å². The molecule has 1 amide bonds. The second-order valence-corrected chi connectivity index (χ2v) is 6.77.